The van der Waals surface area contributed by atoms with Gasteiger partial charge < -0.3 is 4.98 Å². The molecule has 2 heterocycles. The maximum Gasteiger partial charge on any atom is 0.184 e. The molecule has 0 aliphatic rings. The van der Waals surface area contributed by atoms with E-state index in [1.807, 2.05) is 41.8 Å². The summed E-state index contributed by atoms with van der Waals surface area (Å²) in [5, 5.41) is 0.659. The summed E-state index contributed by atoms with van der Waals surface area (Å²) < 4.78 is 3.55. The number of aromatic nitrogens is 3. The van der Waals surface area contributed by atoms with Crippen molar-refractivity contribution in [3.05, 3.63) is 49.4 Å². The topological polar surface area (TPSA) is 33.6 Å². The number of benzene rings is 1. The average molecular weight is 402 g/mol. The third-order valence-corrected chi connectivity index (χ3v) is 4.08. The van der Waals surface area contributed by atoms with Crippen molar-refractivity contribution >= 4 is 57.6 Å². The molecule has 0 radical (unpaired) electrons. The van der Waals surface area contributed by atoms with Crippen molar-refractivity contribution in [2.45, 2.75) is 6.92 Å². The molecule has 1 aromatic carbocycles. The van der Waals surface area contributed by atoms with Crippen LogP contribution in [0.15, 0.2) is 30.3 Å². The van der Waals surface area contributed by atoms with Gasteiger partial charge in [0, 0.05) is 9.26 Å². The highest BCUT2D eigenvalue weighted by atomic mass is 127. The van der Waals surface area contributed by atoms with E-state index >= 15 is 0 Å². The molecule has 0 atom stereocenters. The maximum absolute atomic E-state index is 6.32. The summed E-state index contributed by atoms with van der Waals surface area (Å²) in [6, 6.07) is 9.79. The van der Waals surface area contributed by atoms with Crippen molar-refractivity contribution in [3.8, 4) is 5.69 Å². The summed E-state index contributed by atoms with van der Waals surface area (Å²) >= 11 is 13.9. The molecule has 0 aliphatic carbocycles. The van der Waals surface area contributed by atoms with Crippen molar-refractivity contribution in [1.82, 2.24) is 14.5 Å². The molecule has 19 heavy (non-hydrogen) atoms. The van der Waals surface area contributed by atoms with Gasteiger partial charge in [-0.1, -0.05) is 11.6 Å². The molecule has 0 fully saturated rings. The molecule has 0 aliphatic heterocycles. The highest BCUT2D eigenvalue weighted by molar-refractivity contribution is 14.1. The summed E-state index contributed by atoms with van der Waals surface area (Å²) in [5.41, 5.74) is 3.49. The molecule has 3 nitrogen and oxygen atoms in total. The number of aryl methyl sites for hydroxylation is 1. The van der Waals surface area contributed by atoms with E-state index in [1.54, 1.807) is 0 Å². The van der Waals surface area contributed by atoms with E-state index in [0.717, 1.165) is 26.1 Å². The van der Waals surface area contributed by atoms with E-state index in [2.05, 4.69) is 32.6 Å². The molecule has 0 saturated heterocycles. The summed E-state index contributed by atoms with van der Waals surface area (Å²) in [5.74, 6) is 0. The summed E-state index contributed by atoms with van der Waals surface area (Å²) in [6.07, 6.45) is 0. The van der Waals surface area contributed by atoms with Gasteiger partial charge in [-0.3, -0.25) is 4.57 Å². The Labute approximate surface area is 133 Å². The fourth-order valence-corrected chi connectivity index (χ4v) is 3.20. The van der Waals surface area contributed by atoms with Gasteiger partial charge in [-0.2, -0.15) is 0 Å². The predicted molar refractivity (Wildman–Crippen MR) is 88.7 cm³/mol. The molecule has 3 aromatic rings. The largest absolute Gasteiger partial charge is 0.329 e. The zero-order valence-electron chi connectivity index (χ0n) is 9.95. The normalized spacial score (nSPS) is 11.1. The van der Waals surface area contributed by atoms with Crippen LogP contribution in [0.2, 0.25) is 5.02 Å². The molecule has 1 N–H and O–H groups in total. The fraction of sp³-hybridized carbons (Fsp3) is 0.0769. The SMILES string of the molecule is Cc1ccc2[nH]c(=S)n(-c3ccc(I)cc3Cl)c2n1. The zero-order valence-corrected chi connectivity index (χ0v) is 13.7. The number of pyridine rings is 1. The lowest BCUT2D eigenvalue weighted by molar-refractivity contribution is 1.04. The third-order valence-electron chi connectivity index (χ3n) is 2.82. The van der Waals surface area contributed by atoms with Crippen LogP contribution in [0.1, 0.15) is 5.69 Å². The number of rotatable bonds is 1. The van der Waals surface area contributed by atoms with E-state index in [1.165, 1.54) is 0 Å². The van der Waals surface area contributed by atoms with Gasteiger partial charge in [0.15, 0.2) is 10.4 Å². The van der Waals surface area contributed by atoms with E-state index in [4.69, 9.17) is 23.8 Å². The minimum Gasteiger partial charge on any atom is -0.329 e. The van der Waals surface area contributed by atoms with Crippen molar-refractivity contribution in [1.29, 1.82) is 0 Å². The van der Waals surface area contributed by atoms with Crippen LogP contribution in [-0.2, 0) is 0 Å². The summed E-state index contributed by atoms with van der Waals surface area (Å²) in [6.45, 7) is 1.95. The van der Waals surface area contributed by atoms with Crippen LogP contribution in [0.25, 0.3) is 16.9 Å². The Morgan fingerprint density at radius 1 is 1.32 bits per heavy atom. The van der Waals surface area contributed by atoms with E-state index in [0.29, 0.717) is 9.79 Å². The Kier molecular flexibility index (Phi) is 3.36. The molecule has 0 unspecified atom stereocenters. The van der Waals surface area contributed by atoms with E-state index in [-0.39, 0.29) is 0 Å². The Morgan fingerprint density at radius 3 is 2.84 bits per heavy atom. The van der Waals surface area contributed by atoms with Gasteiger partial charge in [-0.15, -0.1) is 0 Å². The lowest BCUT2D eigenvalue weighted by atomic mass is 10.3. The van der Waals surface area contributed by atoms with Crippen LogP contribution in [0.5, 0.6) is 0 Å². The van der Waals surface area contributed by atoms with Gasteiger partial charge in [-0.25, -0.2) is 4.98 Å². The quantitative estimate of drug-likeness (QED) is 0.476. The molecule has 96 valence electrons. The maximum atomic E-state index is 6.32. The number of hydrogen-bond donors (Lipinski definition) is 1. The van der Waals surface area contributed by atoms with Crippen LogP contribution in [0, 0.1) is 15.3 Å². The molecule has 6 heteroatoms. The molecule has 0 saturated carbocycles. The highest BCUT2D eigenvalue weighted by Crippen LogP contribution is 2.26. The van der Waals surface area contributed by atoms with Crippen molar-refractivity contribution < 1.29 is 0 Å². The van der Waals surface area contributed by atoms with Gasteiger partial charge in [0.1, 0.15) is 0 Å². The van der Waals surface area contributed by atoms with Crippen LogP contribution in [0.4, 0.5) is 0 Å². The zero-order chi connectivity index (χ0) is 13.6. The number of fused-ring (bicyclic) bond motifs is 1. The molecule has 2 aromatic heterocycles. The van der Waals surface area contributed by atoms with Gasteiger partial charge in [0.05, 0.1) is 16.2 Å². The number of hydrogen-bond acceptors (Lipinski definition) is 2. The van der Waals surface area contributed by atoms with Crippen LogP contribution in [-0.4, -0.2) is 14.5 Å². The number of H-pyrrole nitrogens is 1. The average Bonchev–Trinajstić information content (AvgIpc) is 2.65. The molecule has 3 rings (SSSR count). The van der Waals surface area contributed by atoms with Gasteiger partial charge in [0.2, 0.25) is 0 Å². The van der Waals surface area contributed by atoms with E-state index in [9.17, 15) is 0 Å². The second-order valence-corrected chi connectivity index (χ2v) is 6.22. The smallest absolute Gasteiger partial charge is 0.184 e. The lowest BCUT2D eigenvalue weighted by Crippen LogP contribution is -1.97. The van der Waals surface area contributed by atoms with Crippen molar-refractivity contribution in [2.24, 2.45) is 0 Å². The molecule has 0 amide bonds. The second-order valence-electron chi connectivity index (χ2n) is 4.19. The standard InChI is InChI=1S/C13H9ClIN3S/c1-7-2-4-10-12(16-7)18(13(19)17-10)11-5-3-8(15)6-9(11)14/h2-6H,1H3,(H,17,19). The minimum absolute atomic E-state index is 0.594. The van der Waals surface area contributed by atoms with Crippen LogP contribution >= 0.6 is 46.4 Å². The summed E-state index contributed by atoms with van der Waals surface area (Å²) in [4.78, 5) is 7.69. The van der Waals surface area contributed by atoms with Gasteiger partial charge in [-0.05, 0) is 72.1 Å². The first-order valence-corrected chi connectivity index (χ1v) is 7.46. The number of nitrogens with one attached hydrogen (secondary N) is 1. The van der Waals surface area contributed by atoms with Gasteiger partial charge in [0.25, 0.3) is 0 Å². The van der Waals surface area contributed by atoms with Crippen molar-refractivity contribution in [2.75, 3.05) is 0 Å². The van der Waals surface area contributed by atoms with Crippen LogP contribution < -0.4 is 0 Å². The summed E-state index contributed by atoms with van der Waals surface area (Å²) in [7, 11) is 0. The Bertz CT molecular complexity index is 838. The second kappa shape index (κ2) is 4.88. The molecular formula is C13H9ClIN3S. The minimum atomic E-state index is 0.594. The Morgan fingerprint density at radius 2 is 2.11 bits per heavy atom. The molecular weight excluding hydrogens is 393 g/mol. The Balaban J connectivity index is 2.38. The first-order valence-electron chi connectivity index (χ1n) is 5.60. The fourth-order valence-electron chi connectivity index (χ4n) is 1.96. The van der Waals surface area contributed by atoms with Crippen LogP contribution in [0.3, 0.4) is 0 Å². The predicted octanol–water partition coefficient (Wildman–Crippen LogP) is 4.65. The van der Waals surface area contributed by atoms with Crippen molar-refractivity contribution in [3.63, 3.8) is 0 Å². The van der Waals surface area contributed by atoms with E-state index < -0.39 is 0 Å². The molecule has 0 bridgehead atoms. The monoisotopic (exact) mass is 401 g/mol. The number of nitrogens with zero attached hydrogens (tertiary/aromatic N) is 2. The number of aromatic amines is 1. The van der Waals surface area contributed by atoms with Gasteiger partial charge >= 0.3 is 0 Å². The lowest BCUT2D eigenvalue weighted by Gasteiger charge is -2.07. The first-order chi connectivity index (χ1) is 9.06. The molecule has 0 spiro atoms. The highest BCUT2D eigenvalue weighted by Gasteiger charge is 2.11. The first kappa shape index (κ1) is 13.1. The third kappa shape index (κ3) is 2.30. The number of imidazole rings is 1. The number of halogens is 2. The Hall–Kier alpha value is -0.920.